The zero-order chi connectivity index (χ0) is 14.1. The molecule has 1 aromatic rings. The quantitative estimate of drug-likeness (QED) is 0.793. The number of hydrogen-bond acceptors (Lipinski definition) is 3. The van der Waals surface area contributed by atoms with Gasteiger partial charge in [-0.1, -0.05) is 34.1 Å². The van der Waals surface area contributed by atoms with Crippen LogP contribution >= 0.6 is 15.9 Å². The Bertz CT molecular complexity index is 524. The van der Waals surface area contributed by atoms with Gasteiger partial charge in [-0.05, 0) is 31.7 Å². The SMILES string of the molecule is O=C(OCc1ccccc1Br)C1CC2CCC(C1)C2=O. The van der Waals surface area contributed by atoms with Crippen LogP contribution in [0.3, 0.4) is 0 Å². The molecule has 3 nitrogen and oxygen atoms in total. The maximum atomic E-state index is 12.2. The van der Waals surface area contributed by atoms with E-state index in [9.17, 15) is 9.59 Å². The third-order valence-electron chi connectivity index (χ3n) is 4.47. The van der Waals surface area contributed by atoms with E-state index in [4.69, 9.17) is 4.74 Å². The molecule has 2 saturated carbocycles. The van der Waals surface area contributed by atoms with Crippen LogP contribution in [0.4, 0.5) is 0 Å². The Kier molecular flexibility index (Phi) is 3.92. The van der Waals surface area contributed by atoms with Crippen LogP contribution in [0.15, 0.2) is 28.7 Å². The molecule has 20 heavy (non-hydrogen) atoms. The number of ether oxygens (including phenoxy) is 1. The van der Waals surface area contributed by atoms with Gasteiger partial charge in [0.15, 0.2) is 0 Å². The lowest BCUT2D eigenvalue weighted by molar-refractivity contribution is -0.152. The molecule has 106 valence electrons. The van der Waals surface area contributed by atoms with E-state index in [0.717, 1.165) is 22.9 Å². The smallest absolute Gasteiger partial charge is 0.309 e. The van der Waals surface area contributed by atoms with Crippen LogP contribution in [-0.4, -0.2) is 11.8 Å². The highest BCUT2D eigenvalue weighted by Crippen LogP contribution is 2.42. The molecule has 0 radical (unpaired) electrons. The van der Waals surface area contributed by atoms with Gasteiger partial charge < -0.3 is 4.74 Å². The lowest BCUT2D eigenvalue weighted by Gasteiger charge is -2.25. The second-order valence-corrected chi connectivity index (χ2v) is 6.60. The number of Topliss-reactive ketones (excluding diaryl/α,β-unsaturated/α-hetero) is 1. The van der Waals surface area contributed by atoms with E-state index in [1.807, 2.05) is 24.3 Å². The average Bonchev–Trinajstić information content (AvgIpc) is 2.67. The number of benzene rings is 1. The molecule has 2 fully saturated rings. The maximum Gasteiger partial charge on any atom is 0.309 e. The maximum absolute atomic E-state index is 12.2. The lowest BCUT2D eigenvalue weighted by Crippen LogP contribution is -2.31. The Morgan fingerprint density at radius 2 is 1.85 bits per heavy atom. The van der Waals surface area contributed by atoms with E-state index in [1.54, 1.807) is 0 Å². The molecule has 0 aromatic heterocycles. The molecule has 2 aliphatic rings. The van der Waals surface area contributed by atoms with E-state index in [-0.39, 0.29) is 23.7 Å². The lowest BCUT2D eigenvalue weighted by atomic mass is 9.80. The van der Waals surface area contributed by atoms with Gasteiger partial charge in [-0.15, -0.1) is 0 Å². The van der Waals surface area contributed by atoms with Crippen LogP contribution in [0, 0.1) is 17.8 Å². The highest BCUT2D eigenvalue weighted by Gasteiger charge is 2.44. The third-order valence-corrected chi connectivity index (χ3v) is 5.24. The van der Waals surface area contributed by atoms with Crippen LogP contribution in [-0.2, 0) is 20.9 Å². The van der Waals surface area contributed by atoms with E-state index in [0.29, 0.717) is 25.2 Å². The van der Waals surface area contributed by atoms with Crippen molar-refractivity contribution < 1.29 is 14.3 Å². The molecule has 2 bridgehead atoms. The molecular weight excluding hydrogens is 320 g/mol. The van der Waals surface area contributed by atoms with Crippen molar-refractivity contribution in [1.29, 1.82) is 0 Å². The first kappa shape index (κ1) is 13.8. The molecule has 1 aromatic carbocycles. The minimum Gasteiger partial charge on any atom is -0.461 e. The van der Waals surface area contributed by atoms with Gasteiger partial charge in [0.1, 0.15) is 12.4 Å². The molecular formula is C16H17BrO3. The molecule has 0 heterocycles. The van der Waals surface area contributed by atoms with Crippen molar-refractivity contribution in [3.05, 3.63) is 34.3 Å². The van der Waals surface area contributed by atoms with E-state index in [2.05, 4.69) is 15.9 Å². The second-order valence-electron chi connectivity index (χ2n) is 5.74. The van der Waals surface area contributed by atoms with E-state index >= 15 is 0 Å². The summed E-state index contributed by atoms with van der Waals surface area (Å²) in [6.45, 7) is 0.292. The van der Waals surface area contributed by atoms with Gasteiger partial charge in [0.25, 0.3) is 0 Å². The molecule has 4 heteroatoms. The molecule has 2 unspecified atom stereocenters. The van der Waals surface area contributed by atoms with Crippen molar-refractivity contribution in [3.8, 4) is 0 Å². The summed E-state index contributed by atoms with van der Waals surface area (Å²) in [6.07, 6.45) is 3.28. The summed E-state index contributed by atoms with van der Waals surface area (Å²) in [5.41, 5.74) is 0.968. The second kappa shape index (κ2) is 5.68. The first-order valence-electron chi connectivity index (χ1n) is 7.09. The highest BCUT2D eigenvalue weighted by atomic mass is 79.9. The van der Waals surface area contributed by atoms with Crippen LogP contribution in [0.25, 0.3) is 0 Å². The zero-order valence-electron chi connectivity index (χ0n) is 11.2. The van der Waals surface area contributed by atoms with Crippen LogP contribution in [0.2, 0.25) is 0 Å². The van der Waals surface area contributed by atoms with Crippen molar-refractivity contribution in [2.75, 3.05) is 0 Å². The minimum atomic E-state index is -0.148. The Balaban J connectivity index is 1.58. The summed E-state index contributed by atoms with van der Waals surface area (Å²) in [6, 6.07) is 7.72. The summed E-state index contributed by atoms with van der Waals surface area (Å²) in [7, 11) is 0. The summed E-state index contributed by atoms with van der Waals surface area (Å²) in [5, 5.41) is 0. The predicted octanol–water partition coefficient (Wildman–Crippen LogP) is 3.50. The van der Waals surface area contributed by atoms with Crippen molar-refractivity contribution >= 4 is 27.7 Å². The van der Waals surface area contributed by atoms with Crippen molar-refractivity contribution in [2.45, 2.75) is 32.3 Å². The monoisotopic (exact) mass is 336 g/mol. The highest BCUT2D eigenvalue weighted by molar-refractivity contribution is 9.10. The van der Waals surface area contributed by atoms with Crippen molar-refractivity contribution in [3.63, 3.8) is 0 Å². The molecule has 2 atom stereocenters. The Hall–Kier alpha value is -1.16. The number of hydrogen-bond donors (Lipinski definition) is 0. The third kappa shape index (κ3) is 2.66. The molecule has 3 rings (SSSR count). The molecule has 0 N–H and O–H groups in total. The van der Waals surface area contributed by atoms with E-state index in [1.165, 1.54) is 0 Å². The van der Waals surface area contributed by atoms with Gasteiger partial charge in [-0.3, -0.25) is 9.59 Å². The van der Waals surface area contributed by atoms with Crippen LogP contribution < -0.4 is 0 Å². The summed E-state index contributed by atoms with van der Waals surface area (Å²) in [5.74, 6) is 0.349. The topological polar surface area (TPSA) is 43.4 Å². The Labute approximate surface area is 126 Å². The molecule has 0 spiro atoms. The first-order chi connectivity index (χ1) is 9.65. The number of halogens is 1. The normalized spacial score (nSPS) is 28.4. The van der Waals surface area contributed by atoms with Gasteiger partial charge in [0.2, 0.25) is 0 Å². The predicted molar refractivity (Wildman–Crippen MR) is 77.9 cm³/mol. The van der Waals surface area contributed by atoms with Gasteiger partial charge >= 0.3 is 5.97 Å². The van der Waals surface area contributed by atoms with Gasteiger partial charge in [0, 0.05) is 21.9 Å². The average molecular weight is 337 g/mol. The first-order valence-corrected chi connectivity index (χ1v) is 7.88. The number of carbonyl (C=O) groups is 2. The van der Waals surface area contributed by atoms with Crippen molar-refractivity contribution in [1.82, 2.24) is 0 Å². The van der Waals surface area contributed by atoms with E-state index < -0.39 is 0 Å². The fourth-order valence-electron chi connectivity index (χ4n) is 3.35. The number of esters is 1. The van der Waals surface area contributed by atoms with Crippen LogP contribution in [0.1, 0.15) is 31.2 Å². The number of fused-ring (bicyclic) bond motifs is 2. The fraction of sp³-hybridized carbons (Fsp3) is 0.500. The summed E-state index contributed by atoms with van der Waals surface area (Å²) >= 11 is 3.44. The minimum absolute atomic E-state index is 0.0901. The Morgan fingerprint density at radius 3 is 2.50 bits per heavy atom. The number of carbonyl (C=O) groups excluding carboxylic acids is 2. The van der Waals surface area contributed by atoms with Crippen LogP contribution in [0.5, 0.6) is 0 Å². The summed E-state index contributed by atoms with van der Waals surface area (Å²) in [4.78, 5) is 24.0. The summed E-state index contributed by atoms with van der Waals surface area (Å²) < 4.78 is 6.38. The standard InChI is InChI=1S/C16H17BrO3/c17-14-4-2-1-3-12(14)9-20-16(19)13-7-10-5-6-11(8-13)15(10)18/h1-4,10-11,13H,5-9H2. The fourth-order valence-corrected chi connectivity index (χ4v) is 3.75. The number of rotatable bonds is 3. The molecule has 2 aliphatic carbocycles. The van der Waals surface area contributed by atoms with Gasteiger partial charge in [0.05, 0.1) is 5.92 Å². The molecule has 0 aliphatic heterocycles. The van der Waals surface area contributed by atoms with Gasteiger partial charge in [-0.25, -0.2) is 0 Å². The van der Waals surface area contributed by atoms with Gasteiger partial charge in [-0.2, -0.15) is 0 Å². The zero-order valence-corrected chi connectivity index (χ0v) is 12.8. The van der Waals surface area contributed by atoms with Crippen molar-refractivity contribution in [2.24, 2.45) is 17.8 Å². The molecule has 0 saturated heterocycles. The Morgan fingerprint density at radius 1 is 1.20 bits per heavy atom. The number of ketones is 1. The largest absolute Gasteiger partial charge is 0.461 e. The molecule has 0 amide bonds.